The van der Waals surface area contributed by atoms with Crippen LogP contribution in [0.25, 0.3) is 0 Å². The second kappa shape index (κ2) is 4.21. The summed E-state index contributed by atoms with van der Waals surface area (Å²) in [5, 5.41) is 3.05. The highest BCUT2D eigenvalue weighted by Gasteiger charge is 2.26. The molecule has 1 aliphatic heterocycles. The van der Waals surface area contributed by atoms with Gasteiger partial charge in [0.1, 0.15) is 0 Å². The smallest absolute Gasteiger partial charge is 0.214 e. The standard InChI is InChI=1S/C6H14NO2P.H2O/c1-10(8,9)6-4-2-3-5-7-6;/h6-7H,2-5H2,1H3,(H,8,9);1H2. The van der Waals surface area contributed by atoms with Crippen LogP contribution in [0.4, 0.5) is 0 Å². The van der Waals surface area contributed by atoms with Crippen molar-refractivity contribution in [2.75, 3.05) is 13.2 Å². The van der Waals surface area contributed by atoms with Crippen LogP contribution >= 0.6 is 7.37 Å². The predicted molar refractivity (Wildman–Crippen MR) is 45.0 cm³/mol. The van der Waals surface area contributed by atoms with E-state index in [1.807, 2.05) is 0 Å². The molecule has 0 radical (unpaired) electrons. The molecule has 5 heteroatoms. The highest BCUT2D eigenvalue weighted by Crippen LogP contribution is 2.43. The van der Waals surface area contributed by atoms with Gasteiger partial charge in [0.2, 0.25) is 7.37 Å². The van der Waals surface area contributed by atoms with Crippen molar-refractivity contribution >= 4 is 7.37 Å². The van der Waals surface area contributed by atoms with Gasteiger partial charge in [-0.2, -0.15) is 0 Å². The molecule has 0 aliphatic carbocycles. The quantitative estimate of drug-likeness (QED) is 0.565. The van der Waals surface area contributed by atoms with Crippen LogP contribution in [0.3, 0.4) is 0 Å². The predicted octanol–water partition coefficient (Wildman–Crippen LogP) is 0.161. The second-order valence-corrected chi connectivity index (χ2v) is 5.42. The zero-order valence-corrected chi connectivity index (χ0v) is 7.60. The summed E-state index contributed by atoms with van der Waals surface area (Å²) in [4.78, 5) is 9.14. The lowest BCUT2D eigenvalue weighted by atomic mass is 10.2. The fourth-order valence-corrected chi connectivity index (χ4v) is 2.37. The molecule has 4 nitrogen and oxygen atoms in total. The zero-order valence-electron chi connectivity index (χ0n) is 6.71. The molecule has 0 aromatic carbocycles. The molecule has 0 bridgehead atoms. The van der Waals surface area contributed by atoms with Gasteiger partial charge in [-0.25, -0.2) is 0 Å². The molecule has 11 heavy (non-hydrogen) atoms. The topological polar surface area (TPSA) is 80.8 Å². The Kier molecular flexibility index (Phi) is 4.26. The maximum Gasteiger partial charge on any atom is 0.214 e. The normalized spacial score (nSPS) is 30.2. The third-order valence-electron chi connectivity index (χ3n) is 1.86. The zero-order chi connectivity index (χ0) is 7.61. The number of hydrogen-bond acceptors (Lipinski definition) is 2. The first-order valence-electron chi connectivity index (χ1n) is 3.64. The minimum absolute atomic E-state index is 0. The molecule has 0 spiro atoms. The summed E-state index contributed by atoms with van der Waals surface area (Å²) in [6.45, 7) is 2.32. The van der Waals surface area contributed by atoms with E-state index in [0.717, 1.165) is 25.8 Å². The van der Waals surface area contributed by atoms with Gasteiger partial charge in [-0.05, 0) is 19.4 Å². The summed E-state index contributed by atoms with van der Waals surface area (Å²) in [7, 11) is -2.85. The van der Waals surface area contributed by atoms with Crippen molar-refractivity contribution in [3.8, 4) is 0 Å². The maximum absolute atomic E-state index is 11.1. The minimum Gasteiger partial charge on any atom is -0.412 e. The van der Waals surface area contributed by atoms with E-state index in [1.165, 1.54) is 6.66 Å². The van der Waals surface area contributed by atoms with Crippen LogP contribution in [0.1, 0.15) is 19.3 Å². The van der Waals surface area contributed by atoms with Crippen LogP contribution in [0, 0.1) is 0 Å². The Morgan fingerprint density at radius 3 is 2.45 bits per heavy atom. The van der Waals surface area contributed by atoms with E-state index in [1.54, 1.807) is 0 Å². The average molecular weight is 181 g/mol. The summed E-state index contributed by atoms with van der Waals surface area (Å²) < 4.78 is 11.1. The minimum atomic E-state index is -2.85. The molecule has 1 saturated heterocycles. The van der Waals surface area contributed by atoms with Crippen LogP contribution in [0.5, 0.6) is 0 Å². The molecule has 0 aromatic heterocycles. The third kappa shape index (κ3) is 3.34. The molecule has 0 saturated carbocycles. The summed E-state index contributed by atoms with van der Waals surface area (Å²) in [6.07, 6.45) is 3.07. The van der Waals surface area contributed by atoms with Gasteiger partial charge in [-0.1, -0.05) is 6.42 Å². The summed E-state index contributed by atoms with van der Waals surface area (Å²) in [5.74, 6) is -0.138. The lowest BCUT2D eigenvalue weighted by Crippen LogP contribution is -2.33. The van der Waals surface area contributed by atoms with Gasteiger partial charge in [0.05, 0.1) is 5.78 Å². The number of nitrogens with one attached hydrogen (secondary N) is 1. The molecular formula is C6H16NO3P. The Balaban J connectivity index is 0.000001000. The average Bonchev–Trinajstić information content (AvgIpc) is 1.88. The van der Waals surface area contributed by atoms with E-state index in [9.17, 15) is 4.57 Å². The van der Waals surface area contributed by atoms with Crippen LogP contribution in [0.2, 0.25) is 0 Å². The SMILES string of the molecule is CP(=O)(O)C1CCCCN1.O. The molecular weight excluding hydrogens is 165 g/mol. The Morgan fingerprint density at radius 1 is 1.55 bits per heavy atom. The Morgan fingerprint density at radius 2 is 2.18 bits per heavy atom. The molecule has 68 valence electrons. The summed E-state index contributed by atoms with van der Waals surface area (Å²) >= 11 is 0. The number of hydrogen-bond donors (Lipinski definition) is 2. The molecule has 0 aromatic rings. The number of rotatable bonds is 1. The Labute approximate surface area is 66.8 Å². The molecule has 2 atom stereocenters. The molecule has 1 aliphatic rings. The van der Waals surface area contributed by atoms with Gasteiger partial charge < -0.3 is 15.7 Å². The summed E-state index contributed by atoms with van der Waals surface area (Å²) in [5.41, 5.74) is 0. The van der Waals surface area contributed by atoms with Crippen molar-refractivity contribution in [1.29, 1.82) is 0 Å². The van der Waals surface area contributed by atoms with Crippen molar-refractivity contribution in [3.63, 3.8) is 0 Å². The highest BCUT2D eigenvalue weighted by atomic mass is 31.2. The lowest BCUT2D eigenvalue weighted by Gasteiger charge is -2.25. The molecule has 2 unspecified atom stereocenters. The van der Waals surface area contributed by atoms with Gasteiger partial charge >= 0.3 is 0 Å². The maximum atomic E-state index is 11.1. The van der Waals surface area contributed by atoms with E-state index in [4.69, 9.17) is 4.89 Å². The van der Waals surface area contributed by atoms with Crippen molar-refractivity contribution < 1.29 is 14.9 Å². The van der Waals surface area contributed by atoms with Crippen molar-refractivity contribution in [1.82, 2.24) is 5.32 Å². The van der Waals surface area contributed by atoms with E-state index < -0.39 is 7.37 Å². The number of piperidine rings is 1. The summed E-state index contributed by atoms with van der Waals surface area (Å²) in [6, 6.07) is 0. The third-order valence-corrected chi connectivity index (χ3v) is 3.46. The van der Waals surface area contributed by atoms with Crippen LogP contribution in [-0.4, -0.2) is 29.4 Å². The first-order valence-corrected chi connectivity index (χ1v) is 5.81. The largest absolute Gasteiger partial charge is 0.412 e. The van der Waals surface area contributed by atoms with Crippen molar-refractivity contribution in [2.24, 2.45) is 0 Å². The van der Waals surface area contributed by atoms with E-state index in [2.05, 4.69) is 5.32 Å². The van der Waals surface area contributed by atoms with Crippen LogP contribution in [-0.2, 0) is 4.57 Å². The first-order chi connectivity index (χ1) is 4.61. The highest BCUT2D eigenvalue weighted by molar-refractivity contribution is 7.57. The lowest BCUT2D eigenvalue weighted by molar-refractivity contribution is 0.411. The second-order valence-electron chi connectivity index (χ2n) is 2.91. The van der Waals surface area contributed by atoms with E-state index >= 15 is 0 Å². The Bertz CT molecular complexity index is 150. The molecule has 0 amide bonds. The Hall–Kier alpha value is 0.110. The van der Waals surface area contributed by atoms with E-state index in [0.29, 0.717) is 0 Å². The van der Waals surface area contributed by atoms with Crippen LogP contribution in [0.15, 0.2) is 0 Å². The van der Waals surface area contributed by atoms with Gasteiger partial charge in [0.15, 0.2) is 0 Å². The van der Waals surface area contributed by atoms with Crippen molar-refractivity contribution in [3.05, 3.63) is 0 Å². The van der Waals surface area contributed by atoms with Gasteiger partial charge in [-0.15, -0.1) is 0 Å². The molecule has 1 heterocycles. The molecule has 1 rings (SSSR count). The van der Waals surface area contributed by atoms with Crippen molar-refractivity contribution in [2.45, 2.75) is 25.0 Å². The molecule has 4 N–H and O–H groups in total. The fourth-order valence-electron chi connectivity index (χ4n) is 1.24. The fraction of sp³-hybridized carbons (Fsp3) is 1.00. The first kappa shape index (κ1) is 11.1. The van der Waals surface area contributed by atoms with Gasteiger partial charge in [-0.3, -0.25) is 4.57 Å². The van der Waals surface area contributed by atoms with E-state index in [-0.39, 0.29) is 11.3 Å². The van der Waals surface area contributed by atoms with Gasteiger partial charge in [0.25, 0.3) is 0 Å². The van der Waals surface area contributed by atoms with Gasteiger partial charge in [0, 0.05) is 6.66 Å². The monoisotopic (exact) mass is 181 g/mol. The van der Waals surface area contributed by atoms with Crippen LogP contribution < -0.4 is 5.32 Å². The molecule has 1 fully saturated rings.